The van der Waals surface area contributed by atoms with Gasteiger partial charge in [-0.05, 0) is 24.6 Å². The molecule has 2 aliphatic heterocycles. The molecule has 31 heavy (non-hydrogen) atoms. The molecule has 2 fully saturated rings. The van der Waals surface area contributed by atoms with E-state index < -0.39 is 23.2 Å². The highest BCUT2D eigenvalue weighted by Crippen LogP contribution is 2.48. The summed E-state index contributed by atoms with van der Waals surface area (Å²) in [4.78, 5) is 44.0. The van der Waals surface area contributed by atoms with Gasteiger partial charge in [-0.25, -0.2) is 4.90 Å². The quantitative estimate of drug-likeness (QED) is 0.565. The van der Waals surface area contributed by atoms with E-state index in [2.05, 4.69) is 0 Å². The van der Waals surface area contributed by atoms with E-state index >= 15 is 0 Å². The Labute approximate surface area is 182 Å². The van der Waals surface area contributed by atoms with Gasteiger partial charge in [-0.2, -0.15) is 0 Å². The maximum atomic E-state index is 13.8. The van der Waals surface area contributed by atoms with Crippen molar-refractivity contribution < 1.29 is 19.1 Å². The molecule has 2 atom stereocenters. The SMILES string of the molecule is Cc1ccc(N2C(=O)[C@H](C(=O)N3CCOCC3)[C@@H](c3ccccc3)C(C)(C)C2=O)cc1. The summed E-state index contributed by atoms with van der Waals surface area (Å²) in [6.45, 7) is 7.41. The van der Waals surface area contributed by atoms with Gasteiger partial charge in [0.15, 0.2) is 0 Å². The van der Waals surface area contributed by atoms with E-state index in [1.807, 2.05) is 63.2 Å². The third-order valence-electron chi connectivity index (χ3n) is 6.39. The number of benzene rings is 2. The lowest BCUT2D eigenvalue weighted by atomic mass is 9.64. The number of hydrogen-bond acceptors (Lipinski definition) is 4. The number of carbonyl (C=O) groups excluding carboxylic acids is 3. The molecule has 0 saturated carbocycles. The highest BCUT2D eigenvalue weighted by molar-refractivity contribution is 6.24. The topological polar surface area (TPSA) is 66.9 Å². The molecule has 3 amide bonds. The number of hydrogen-bond donors (Lipinski definition) is 0. The molecule has 6 heteroatoms. The molecular formula is C25H28N2O4. The molecular weight excluding hydrogens is 392 g/mol. The van der Waals surface area contributed by atoms with E-state index in [0.29, 0.717) is 32.0 Å². The number of anilines is 1. The molecule has 4 rings (SSSR count). The second-order valence-corrected chi connectivity index (χ2v) is 8.84. The number of morpholine rings is 1. The number of amides is 3. The fourth-order valence-corrected chi connectivity index (χ4v) is 4.66. The van der Waals surface area contributed by atoms with Gasteiger partial charge < -0.3 is 9.64 Å². The van der Waals surface area contributed by atoms with Crippen LogP contribution in [0, 0.1) is 18.3 Å². The molecule has 0 aliphatic carbocycles. The summed E-state index contributed by atoms with van der Waals surface area (Å²) in [5.74, 6) is -2.51. The molecule has 0 radical (unpaired) electrons. The summed E-state index contributed by atoms with van der Waals surface area (Å²) in [6, 6.07) is 16.7. The molecule has 2 aromatic carbocycles. The first-order chi connectivity index (χ1) is 14.8. The van der Waals surface area contributed by atoms with E-state index in [9.17, 15) is 14.4 Å². The molecule has 0 bridgehead atoms. The second-order valence-electron chi connectivity index (χ2n) is 8.84. The van der Waals surface area contributed by atoms with Gasteiger partial charge in [-0.3, -0.25) is 14.4 Å². The fraction of sp³-hybridized carbons (Fsp3) is 0.400. The van der Waals surface area contributed by atoms with Crippen molar-refractivity contribution in [1.29, 1.82) is 0 Å². The van der Waals surface area contributed by atoms with Crippen molar-refractivity contribution in [2.75, 3.05) is 31.2 Å². The van der Waals surface area contributed by atoms with Gasteiger partial charge in [-0.15, -0.1) is 0 Å². The van der Waals surface area contributed by atoms with E-state index in [4.69, 9.17) is 4.74 Å². The predicted molar refractivity (Wildman–Crippen MR) is 118 cm³/mol. The lowest BCUT2D eigenvalue weighted by Crippen LogP contribution is -2.61. The zero-order valence-electron chi connectivity index (χ0n) is 18.2. The Hall–Kier alpha value is -2.99. The maximum absolute atomic E-state index is 13.8. The zero-order valence-corrected chi connectivity index (χ0v) is 18.2. The number of piperidine rings is 1. The molecule has 162 valence electrons. The van der Waals surface area contributed by atoms with E-state index in [-0.39, 0.29) is 11.8 Å². The van der Waals surface area contributed by atoms with Crippen LogP contribution in [0.3, 0.4) is 0 Å². The molecule has 0 N–H and O–H groups in total. The molecule has 2 aliphatic rings. The molecule has 0 unspecified atom stereocenters. The molecule has 2 saturated heterocycles. The van der Waals surface area contributed by atoms with Gasteiger partial charge in [-0.1, -0.05) is 61.9 Å². The van der Waals surface area contributed by atoms with Crippen molar-refractivity contribution in [3.63, 3.8) is 0 Å². The van der Waals surface area contributed by atoms with Crippen LogP contribution in [0.4, 0.5) is 5.69 Å². The Balaban J connectivity index is 1.82. The number of rotatable bonds is 3. The standard InChI is InChI=1S/C25H28N2O4/c1-17-9-11-19(12-10-17)27-23(29)20(22(28)26-13-15-31-16-14-26)21(25(2,3)24(27)30)18-7-5-4-6-8-18/h4-12,20-21H,13-16H2,1-3H3/t20-,21+/m0/s1. The van der Waals surface area contributed by atoms with Crippen molar-refractivity contribution in [2.45, 2.75) is 26.7 Å². The number of imide groups is 1. The summed E-state index contributed by atoms with van der Waals surface area (Å²) in [5, 5.41) is 0. The monoisotopic (exact) mass is 420 g/mol. The average Bonchev–Trinajstić information content (AvgIpc) is 2.78. The molecule has 0 spiro atoms. The first-order valence-corrected chi connectivity index (χ1v) is 10.7. The van der Waals surface area contributed by atoms with Gasteiger partial charge in [0, 0.05) is 19.0 Å². The first kappa shape index (κ1) is 21.2. The average molecular weight is 421 g/mol. The minimum Gasteiger partial charge on any atom is -0.378 e. The molecule has 2 heterocycles. The third kappa shape index (κ3) is 3.76. The lowest BCUT2D eigenvalue weighted by molar-refractivity contribution is -0.152. The maximum Gasteiger partial charge on any atom is 0.247 e. The van der Waals surface area contributed by atoms with Crippen LogP contribution in [0.1, 0.15) is 30.9 Å². The number of carbonyl (C=O) groups is 3. The summed E-state index contributed by atoms with van der Waals surface area (Å²) < 4.78 is 5.39. The lowest BCUT2D eigenvalue weighted by Gasteiger charge is -2.47. The van der Waals surface area contributed by atoms with Crippen molar-refractivity contribution in [3.05, 3.63) is 65.7 Å². The summed E-state index contributed by atoms with van der Waals surface area (Å²) in [7, 11) is 0. The number of nitrogens with zero attached hydrogens (tertiary/aromatic N) is 2. The van der Waals surface area contributed by atoms with Crippen molar-refractivity contribution in [2.24, 2.45) is 11.3 Å². The highest BCUT2D eigenvalue weighted by atomic mass is 16.5. The van der Waals surface area contributed by atoms with E-state index in [1.165, 1.54) is 4.90 Å². The van der Waals surface area contributed by atoms with Crippen LogP contribution in [0.2, 0.25) is 0 Å². The summed E-state index contributed by atoms with van der Waals surface area (Å²) in [5.41, 5.74) is 1.40. The Kier molecular flexibility index (Phi) is 5.67. The minimum atomic E-state index is -0.977. The summed E-state index contributed by atoms with van der Waals surface area (Å²) in [6.07, 6.45) is 0. The van der Waals surface area contributed by atoms with E-state index in [1.54, 1.807) is 17.0 Å². The Morgan fingerprint density at radius 1 is 0.968 bits per heavy atom. The van der Waals surface area contributed by atoms with Crippen LogP contribution < -0.4 is 4.90 Å². The first-order valence-electron chi connectivity index (χ1n) is 10.7. The molecule has 0 aromatic heterocycles. The number of ether oxygens (including phenoxy) is 1. The zero-order chi connectivity index (χ0) is 22.2. The van der Waals surface area contributed by atoms with Crippen molar-refractivity contribution in [3.8, 4) is 0 Å². The van der Waals surface area contributed by atoms with Crippen LogP contribution in [-0.4, -0.2) is 48.9 Å². The Morgan fingerprint density at radius 2 is 1.58 bits per heavy atom. The van der Waals surface area contributed by atoms with Crippen LogP contribution >= 0.6 is 0 Å². The van der Waals surface area contributed by atoms with Crippen molar-refractivity contribution in [1.82, 2.24) is 4.90 Å². The highest BCUT2D eigenvalue weighted by Gasteiger charge is 2.57. The van der Waals surface area contributed by atoms with Gasteiger partial charge >= 0.3 is 0 Å². The van der Waals surface area contributed by atoms with Crippen LogP contribution in [0.15, 0.2) is 54.6 Å². The minimum absolute atomic E-state index is 0.236. The van der Waals surface area contributed by atoms with Crippen LogP contribution in [-0.2, 0) is 19.1 Å². The van der Waals surface area contributed by atoms with Gasteiger partial charge in [0.05, 0.1) is 24.3 Å². The third-order valence-corrected chi connectivity index (χ3v) is 6.39. The van der Waals surface area contributed by atoms with Gasteiger partial charge in [0.2, 0.25) is 17.7 Å². The smallest absolute Gasteiger partial charge is 0.247 e. The number of aryl methyl sites for hydroxylation is 1. The van der Waals surface area contributed by atoms with Gasteiger partial charge in [0.25, 0.3) is 0 Å². The normalized spacial score (nSPS) is 23.7. The Bertz CT molecular complexity index is 978. The Morgan fingerprint density at radius 3 is 2.19 bits per heavy atom. The molecule has 2 aromatic rings. The van der Waals surface area contributed by atoms with Crippen LogP contribution in [0.25, 0.3) is 0 Å². The van der Waals surface area contributed by atoms with Crippen molar-refractivity contribution >= 4 is 23.4 Å². The van der Waals surface area contributed by atoms with Crippen LogP contribution in [0.5, 0.6) is 0 Å². The van der Waals surface area contributed by atoms with Gasteiger partial charge in [0.1, 0.15) is 5.92 Å². The fourth-order valence-electron chi connectivity index (χ4n) is 4.66. The summed E-state index contributed by atoms with van der Waals surface area (Å²) >= 11 is 0. The predicted octanol–water partition coefficient (Wildman–Crippen LogP) is 3.15. The molecule has 6 nitrogen and oxygen atoms in total. The van der Waals surface area contributed by atoms with E-state index in [0.717, 1.165) is 11.1 Å². The second kappa shape index (κ2) is 8.27. The largest absolute Gasteiger partial charge is 0.378 e.